The molecule has 160 valence electrons. The van der Waals surface area contributed by atoms with Gasteiger partial charge in [-0.3, -0.25) is 4.79 Å². The largest absolute Gasteiger partial charge is 0.371 e. The monoisotopic (exact) mass is 430 g/mol. The Morgan fingerprint density at radius 2 is 1.83 bits per heavy atom. The van der Waals surface area contributed by atoms with Crippen molar-refractivity contribution >= 4 is 29.0 Å². The molecule has 5 nitrogen and oxygen atoms in total. The third-order valence-corrected chi connectivity index (χ3v) is 6.41. The van der Waals surface area contributed by atoms with E-state index in [0.29, 0.717) is 11.6 Å². The van der Waals surface area contributed by atoms with E-state index in [1.807, 2.05) is 6.20 Å². The fourth-order valence-electron chi connectivity index (χ4n) is 4.39. The molecule has 0 atom stereocenters. The van der Waals surface area contributed by atoms with Crippen LogP contribution in [0.1, 0.15) is 54.4 Å². The highest BCUT2D eigenvalue weighted by molar-refractivity contribution is 6.31. The molecule has 1 saturated heterocycles. The molecule has 2 aliphatic rings. The Labute approximate surface area is 182 Å². The Morgan fingerprint density at radius 3 is 2.53 bits per heavy atom. The van der Waals surface area contributed by atoms with Crippen LogP contribution in [0, 0.1) is 12.7 Å². The van der Waals surface area contributed by atoms with Gasteiger partial charge < -0.3 is 15.5 Å². The average Bonchev–Trinajstić information content (AvgIpc) is 3.27. The summed E-state index contributed by atoms with van der Waals surface area (Å²) in [6.07, 6.45) is 8.17. The second-order valence-corrected chi connectivity index (χ2v) is 8.75. The van der Waals surface area contributed by atoms with E-state index in [1.165, 1.54) is 42.3 Å². The van der Waals surface area contributed by atoms with Crippen molar-refractivity contribution in [2.75, 3.05) is 23.3 Å². The lowest BCUT2D eigenvalue weighted by atomic mass is 9.91. The fraction of sp³-hybridized carbons (Fsp3) is 0.478. The van der Waals surface area contributed by atoms with Crippen LogP contribution in [0.5, 0.6) is 0 Å². The first-order chi connectivity index (χ1) is 14.5. The fourth-order valence-corrected chi connectivity index (χ4v) is 4.57. The first kappa shape index (κ1) is 20.9. The number of aromatic nitrogens is 1. The maximum atomic E-state index is 13.3. The van der Waals surface area contributed by atoms with Crippen molar-refractivity contribution in [3.8, 4) is 0 Å². The van der Waals surface area contributed by atoms with Crippen molar-refractivity contribution in [1.82, 2.24) is 10.3 Å². The molecule has 0 spiro atoms. The summed E-state index contributed by atoms with van der Waals surface area (Å²) in [5.74, 6) is 0.206. The van der Waals surface area contributed by atoms with Gasteiger partial charge in [0.15, 0.2) is 0 Å². The van der Waals surface area contributed by atoms with E-state index in [4.69, 9.17) is 11.6 Å². The number of hydrogen-bond donors (Lipinski definition) is 2. The number of aryl methyl sites for hydroxylation is 1. The van der Waals surface area contributed by atoms with Gasteiger partial charge in [-0.05, 0) is 69.2 Å². The lowest BCUT2D eigenvalue weighted by Crippen LogP contribution is -2.40. The van der Waals surface area contributed by atoms with Gasteiger partial charge in [0.2, 0.25) is 0 Å². The summed E-state index contributed by atoms with van der Waals surface area (Å²) in [5.41, 5.74) is 2.89. The first-order valence-corrected chi connectivity index (χ1v) is 11.1. The Kier molecular flexibility index (Phi) is 6.42. The molecule has 30 heavy (non-hydrogen) atoms. The number of hydrogen-bond acceptors (Lipinski definition) is 4. The number of anilines is 2. The number of halogens is 2. The van der Waals surface area contributed by atoms with Gasteiger partial charge in [-0.2, -0.15) is 0 Å². The van der Waals surface area contributed by atoms with Crippen LogP contribution in [0.25, 0.3) is 0 Å². The van der Waals surface area contributed by atoms with E-state index >= 15 is 0 Å². The maximum absolute atomic E-state index is 13.3. The number of nitrogens with one attached hydrogen (secondary N) is 2. The molecule has 4 rings (SSSR count). The minimum Gasteiger partial charge on any atom is -0.371 e. The molecule has 7 heteroatoms. The average molecular weight is 431 g/mol. The molecule has 2 N–H and O–H groups in total. The van der Waals surface area contributed by atoms with Crippen LogP contribution >= 0.6 is 11.6 Å². The molecule has 1 aromatic carbocycles. The predicted molar refractivity (Wildman–Crippen MR) is 119 cm³/mol. The molecular formula is C23H28ClFN4O. The van der Waals surface area contributed by atoms with E-state index in [9.17, 15) is 9.18 Å². The van der Waals surface area contributed by atoms with E-state index in [1.54, 1.807) is 0 Å². The SMILES string of the molecule is Cc1cnc(NC2CCC(NC(=O)c3ccc(F)c(Cl)c3)CC2)cc1N1CCCC1. The number of pyridine rings is 1. The second kappa shape index (κ2) is 9.21. The summed E-state index contributed by atoms with van der Waals surface area (Å²) < 4.78 is 13.3. The quantitative estimate of drug-likeness (QED) is 0.705. The van der Waals surface area contributed by atoms with E-state index in [0.717, 1.165) is 44.6 Å². The zero-order valence-electron chi connectivity index (χ0n) is 17.3. The molecule has 2 heterocycles. The Bertz CT molecular complexity index is 908. The van der Waals surface area contributed by atoms with Crippen LogP contribution < -0.4 is 15.5 Å². The Morgan fingerprint density at radius 1 is 1.13 bits per heavy atom. The van der Waals surface area contributed by atoms with Gasteiger partial charge in [-0.25, -0.2) is 9.37 Å². The molecule has 1 saturated carbocycles. The van der Waals surface area contributed by atoms with Gasteiger partial charge >= 0.3 is 0 Å². The van der Waals surface area contributed by atoms with Crippen molar-refractivity contribution in [2.24, 2.45) is 0 Å². The van der Waals surface area contributed by atoms with Gasteiger partial charge in [-0.1, -0.05) is 11.6 Å². The standard InChI is InChI=1S/C23H28ClFN4O/c1-15-14-26-22(13-21(15)29-10-2-3-11-29)27-17-5-7-18(8-6-17)28-23(30)16-4-9-20(25)19(24)12-16/h4,9,12-14,17-18H,2-3,5-8,10-11H2,1H3,(H,26,27)(H,28,30). The zero-order chi connectivity index (χ0) is 21.1. The van der Waals surface area contributed by atoms with Gasteiger partial charge in [0, 0.05) is 48.7 Å². The normalized spacial score (nSPS) is 21.5. The van der Waals surface area contributed by atoms with Crippen molar-refractivity contribution in [3.05, 3.63) is 52.4 Å². The molecular weight excluding hydrogens is 403 g/mol. The molecule has 2 aromatic rings. The molecule has 1 aromatic heterocycles. The second-order valence-electron chi connectivity index (χ2n) is 8.35. The van der Waals surface area contributed by atoms with Crippen molar-refractivity contribution in [3.63, 3.8) is 0 Å². The molecule has 0 bridgehead atoms. The summed E-state index contributed by atoms with van der Waals surface area (Å²) >= 11 is 5.79. The molecule has 0 unspecified atom stereocenters. The van der Waals surface area contributed by atoms with Gasteiger partial charge in [0.05, 0.1) is 5.02 Å². The Hall–Kier alpha value is -2.34. The molecule has 1 aliphatic heterocycles. The summed E-state index contributed by atoms with van der Waals surface area (Å²) in [5, 5.41) is 6.60. The van der Waals surface area contributed by atoms with Gasteiger partial charge in [0.25, 0.3) is 5.91 Å². The summed E-state index contributed by atoms with van der Waals surface area (Å²) in [6.45, 7) is 4.36. The number of carbonyl (C=O) groups is 1. The van der Waals surface area contributed by atoms with Crippen LogP contribution in [-0.2, 0) is 0 Å². The zero-order valence-corrected chi connectivity index (χ0v) is 18.0. The maximum Gasteiger partial charge on any atom is 0.251 e. The summed E-state index contributed by atoms with van der Waals surface area (Å²) in [7, 11) is 0. The van der Waals surface area contributed by atoms with Gasteiger partial charge in [-0.15, -0.1) is 0 Å². The van der Waals surface area contributed by atoms with E-state index in [2.05, 4.69) is 33.5 Å². The molecule has 2 fully saturated rings. The topological polar surface area (TPSA) is 57.3 Å². The number of amides is 1. The van der Waals surface area contributed by atoms with Crippen LogP contribution in [-0.4, -0.2) is 36.1 Å². The van der Waals surface area contributed by atoms with Crippen LogP contribution in [0.2, 0.25) is 5.02 Å². The number of nitrogens with zero attached hydrogens (tertiary/aromatic N) is 2. The van der Waals surface area contributed by atoms with Crippen LogP contribution in [0.15, 0.2) is 30.5 Å². The van der Waals surface area contributed by atoms with Crippen molar-refractivity contribution in [1.29, 1.82) is 0 Å². The molecule has 0 radical (unpaired) electrons. The Balaban J connectivity index is 1.30. The molecule has 1 aliphatic carbocycles. The van der Waals surface area contributed by atoms with Crippen molar-refractivity contribution < 1.29 is 9.18 Å². The van der Waals surface area contributed by atoms with Gasteiger partial charge in [0.1, 0.15) is 11.6 Å². The highest BCUT2D eigenvalue weighted by Crippen LogP contribution is 2.28. The molecule has 1 amide bonds. The number of rotatable bonds is 5. The number of carbonyl (C=O) groups excluding carboxylic acids is 1. The minimum absolute atomic E-state index is 0.0329. The third-order valence-electron chi connectivity index (χ3n) is 6.12. The van der Waals surface area contributed by atoms with Crippen LogP contribution in [0.4, 0.5) is 15.9 Å². The summed E-state index contributed by atoms with van der Waals surface area (Å²) in [6, 6.07) is 6.70. The highest BCUT2D eigenvalue weighted by atomic mass is 35.5. The smallest absolute Gasteiger partial charge is 0.251 e. The minimum atomic E-state index is -0.516. The van der Waals surface area contributed by atoms with E-state index in [-0.39, 0.29) is 17.0 Å². The predicted octanol–water partition coefficient (Wildman–Crippen LogP) is 4.94. The summed E-state index contributed by atoms with van der Waals surface area (Å²) in [4.78, 5) is 19.4. The van der Waals surface area contributed by atoms with Crippen LogP contribution in [0.3, 0.4) is 0 Å². The third kappa shape index (κ3) is 4.86. The number of benzene rings is 1. The lowest BCUT2D eigenvalue weighted by molar-refractivity contribution is 0.0926. The van der Waals surface area contributed by atoms with Crippen molar-refractivity contribution in [2.45, 2.75) is 57.5 Å². The highest BCUT2D eigenvalue weighted by Gasteiger charge is 2.24. The van der Waals surface area contributed by atoms with E-state index < -0.39 is 5.82 Å². The lowest BCUT2D eigenvalue weighted by Gasteiger charge is -2.30. The first-order valence-electron chi connectivity index (χ1n) is 10.7.